The lowest BCUT2D eigenvalue weighted by atomic mass is 10.2. The van der Waals surface area contributed by atoms with Crippen LogP contribution in [0.3, 0.4) is 0 Å². The lowest BCUT2D eigenvalue weighted by molar-refractivity contribution is 0.182. The molecule has 0 bridgehead atoms. The predicted molar refractivity (Wildman–Crippen MR) is 87.8 cm³/mol. The molecule has 0 aliphatic heterocycles. The van der Waals surface area contributed by atoms with Gasteiger partial charge < -0.3 is 11.1 Å². The van der Waals surface area contributed by atoms with E-state index in [0.717, 1.165) is 18.8 Å². The highest BCUT2D eigenvalue weighted by atomic mass is 32.1. The minimum absolute atomic E-state index is 0.0832. The monoisotopic (exact) mass is 297 g/mol. The third-order valence-electron chi connectivity index (χ3n) is 3.26. The largest absolute Gasteiger partial charge is 0.389 e. The van der Waals surface area contributed by atoms with Gasteiger partial charge in [-0.05, 0) is 45.9 Å². The van der Waals surface area contributed by atoms with Gasteiger partial charge in [-0.15, -0.1) is 0 Å². The van der Waals surface area contributed by atoms with Crippen LogP contribution in [0.4, 0.5) is 10.1 Å². The quantitative estimate of drug-likeness (QED) is 0.759. The lowest BCUT2D eigenvalue weighted by Gasteiger charge is -2.30. The number of thiocarbonyl (C=S) groups is 1. The van der Waals surface area contributed by atoms with Gasteiger partial charge in [0, 0.05) is 36.4 Å². The highest BCUT2D eigenvalue weighted by Crippen LogP contribution is 2.14. The van der Waals surface area contributed by atoms with Gasteiger partial charge in [0.2, 0.25) is 0 Å². The van der Waals surface area contributed by atoms with Crippen molar-refractivity contribution in [2.75, 3.05) is 18.4 Å². The predicted octanol–water partition coefficient (Wildman–Crippen LogP) is 2.99. The molecule has 0 unspecified atom stereocenters. The lowest BCUT2D eigenvalue weighted by Crippen LogP contribution is -2.40. The number of nitrogens with one attached hydrogen (secondary N) is 1. The van der Waals surface area contributed by atoms with Crippen LogP contribution in [0.1, 0.15) is 33.3 Å². The average Bonchev–Trinajstić information content (AvgIpc) is 2.33. The van der Waals surface area contributed by atoms with Crippen molar-refractivity contribution in [3.8, 4) is 0 Å². The van der Waals surface area contributed by atoms with Gasteiger partial charge in [-0.1, -0.05) is 12.2 Å². The Morgan fingerprint density at radius 1 is 1.30 bits per heavy atom. The van der Waals surface area contributed by atoms with Gasteiger partial charge in [-0.3, -0.25) is 4.90 Å². The van der Waals surface area contributed by atoms with E-state index in [1.54, 1.807) is 12.1 Å². The maximum Gasteiger partial charge on any atom is 0.135 e. The van der Waals surface area contributed by atoms with Gasteiger partial charge in [0.15, 0.2) is 0 Å². The molecule has 0 aliphatic carbocycles. The van der Waals surface area contributed by atoms with E-state index in [1.807, 2.05) is 0 Å². The molecule has 0 aliphatic rings. The molecule has 5 heteroatoms. The van der Waals surface area contributed by atoms with Crippen molar-refractivity contribution in [2.45, 2.75) is 39.8 Å². The van der Waals surface area contributed by atoms with E-state index in [1.165, 1.54) is 6.07 Å². The zero-order chi connectivity index (χ0) is 15.3. The summed E-state index contributed by atoms with van der Waals surface area (Å²) in [7, 11) is 0. The van der Waals surface area contributed by atoms with Gasteiger partial charge in [-0.25, -0.2) is 4.39 Å². The molecule has 3 N–H and O–H groups in total. The maximum atomic E-state index is 13.7. The molecule has 112 valence electrons. The van der Waals surface area contributed by atoms with Crippen LogP contribution in [0.15, 0.2) is 18.2 Å². The molecular formula is C15H24FN3S. The van der Waals surface area contributed by atoms with Gasteiger partial charge in [0.25, 0.3) is 0 Å². The number of nitrogens with two attached hydrogens (primary N) is 1. The number of halogens is 1. The summed E-state index contributed by atoms with van der Waals surface area (Å²) >= 11 is 4.78. The molecular weight excluding hydrogens is 273 g/mol. The fraction of sp³-hybridized carbons (Fsp3) is 0.533. The Morgan fingerprint density at radius 2 is 1.90 bits per heavy atom. The SMILES string of the molecule is CC(C)N(CCNc1ccc(C(N)=S)c(F)c1)C(C)C. The smallest absolute Gasteiger partial charge is 0.135 e. The summed E-state index contributed by atoms with van der Waals surface area (Å²) < 4.78 is 13.7. The van der Waals surface area contributed by atoms with Crippen LogP contribution < -0.4 is 11.1 Å². The van der Waals surface area contributed by atoms with E-state index in [2.05, 4.69) is 37.9 Å². The summed E-state index contributed by atoms with van der Waals surface area (Å²) in [6.45, 7) is 10.4. The van der Waals surface area contributed by atoms with Gasteiger partial charge in [0.05, 0.1) is 0 Å². The first-order valence-electron chi connectivity index (χ1n) is 6.92. The molecule has 20 heavy (non-hydrogen) atoms. The Bertz CT molecular complexity index is 452. The Kier molecular flexibility index (Phi) is 6.36. The Morgan fingerprint density at radius 3 is 2.35 bits per heavy atom. The second-order valence-electron chi connectivity index (χ2n) is 5.41. The van der Waals surface area contributed by atoms with Crippen molar-refractivity contribution in [2.24, 2.45) is 5.73 Å². The highest BCUT2D eigenvalue weighted by Gasteiger charge is 2.12. The van der Waals surface area contributed by atoms with Crippen LogP contribution in [0.5, 0.6) is 0 Å². The standard InChI is InChI=1S/C15H24FN3S/c1-10(2)19(11(3)4)8-7-18-12-5-6-13(15(17)20)14(16)9-12/h5-6,9-11,18H,7-8H2,1-4H3,(H2,17,20). The average molecular weight is 297 g/mol. The number of anilines is 1. The molecule has 0 aromatic heterocycles. The fourth-order valence-corrected chi connectivity index (χ4v) is 2.43. The van der Waals surface area contributed by atoms with E-state index < -0.39 is 0 Å². The fourth-order valence-electron chi connectivity index (χ4n) is 2.27. The molecule has 0 radical (unpaired) electrons. The minimum atomic E-state index is -0.382. The molecule has 1 aromatic carbocycles. The molecule has 1 aromatic rings. The number of nitrogens with zero attached hydrogens (tertiary/aromatic N) is 1. The summed E-state index contributed by atoms with van der Waals surface area (Å²) in [5.41, 5.74) is 6.47. The minimum Gasteiger partial charge on any atom is -0.389 e. The van der Waals surface area contributed by atoms with Crippen LogP contribution in [0.2, 0.25) is 0 Å². The summed E-state index contributed by atoms with van der Waals surface area (Å²) in [6.07, 6.45) is 0. The molecule has 1 rings (SSSR count). The van der Waals surface area contributed by atoms with E-state index in [4.69, 9.17) is 18.0 Å². The first-order valence-corrected chi connectivity index (χ1v) is 7.32. The third kappa shape index (κ3) is 4.72. The van der Waals surface area contributed by atoms with Crippen molar-refractivity contribution < 1.29 is 4.39 Å². The first kappa shape index (κ1) is 16.9. The molecule has 0 saturated carbocycles. The van der Waals surface area contributed by atoms with Gasteiger partial charge in [-0.2, -0.15) is 0 Å². The van der Waals surface area contributed by atoms with Crippen molar-refractivity contribution in [3.63, 3.8) is 0 Å². The Balaban J connectivity index is 2.58. The molecule has 0 fully saturated rings. The first-order chi connectivity index (χ1) is 9.32. The molecule has 0 amide bonds. The summed E-state index contributed by atoms with van der Waals surface area (Å²) in [6, 6.07) is 5.83. The second kappa shape index (κ2) is 7.55. The van der Waals surface area contributed by atoms with Crippen molar-refractivity contribution in [1.82, 2.24) is 4.90 Å². The van der Waals surface area contributed by atoms with Crippen molar-refractivity contribution in [3.05, 3.63) is 29.6 Å². The number of hydrogen-bond donors (Lipinski definition) is 2. The number of benzene rings is 1. The topological polar surface area (TPSA) is 41.3 Å². The maximum absolute atomic E-state index is 13.7. The number of rotatable bonds is 7. The number of hydrogen-bond acceptors (Lipinski definition) is 3. The van der Waals surface area contributed by atoms with Crippen molar-refractivity contribution >= 4 is 22.9 Å². The summed E-state index contributed by atoms with van der Waals surface area (Å²) in [5.74, 6) is -0.382. The van der Waals surface area contributed by atoms with Crippen LogP contribution in [0.25, 0.3) is 0 Å². The zero-order valence-corrected chi connectivity index (χ0v) is 13.4. The van der Waals surface area contributed by atoms with E-state index in [0.29, 0.717) is 12.1 Å². The molecule has 0 spiro atoms. The van der Waals surface area contributed by atoms with Gasteiger partial charge >= 0.3 is 0 Å². The van der Waals surface area contributed by atoms with Crippen LogP contribution in [-0.4, -0.2) is 35.1 Å². The summed E-state index contributed by atoms with van der Waals surface area (Å²) in [5, 5.41) is 3.23. The molecule has 0 atom stereocenters. The van der Waals surface area contributed by atoms with E-state index >= 15 is 0 Å². The third-order valence-corrected chi connectivity index (χ3v) is 3.48. The molecule has 0 heterocycles. The normalized spacial score (nSPS) is 11.4. The zero-order valence-electron chi connectivity index (χ0n) is 12.6. The van der Waals surface area contributed by atoms with E-state index in [-0.39, 0.29) is 16.4 Å². The van der Waals surface area contributed by atoms with Crippen LogP contribution in [0, 0.1) is 5.82 Å². The second-order valence-corrected chi connectivity index (χ2v) is 5.85. The Hall–Kier alpha value is -1.20. The van der Waals surface area contributed by atoms with Crippen LogP contribution >= 0.6 is 12.2 Å². The molecule has 0 saturated heterocycles. The van der Waals surface area contributed by atoms with Crippen LogP contribution in [-0.2, 0) is 0 Å². The van der Waals surface area contributed by atoms with E-state index in [9.17, 15) is 4.39 Å². The summed E-state index contributed by atoms with van der Waals surface area (Å²) in [4.78, 5) is 2.46. The molecule has 3 nitrogen and oxygen atoms in total. The highest BCUT2D eigenvalue weighted by molar-refractivity contribution is 7.80. The Labute approximate surface area is 126 Å². The van der Waals surface area contributed by atoms with Crippen molar-refractivity contribution in [1.29, 1.82) is 0 Å². The van der Waals surface area contributed by atoms with Gasteiger partial charge in [0.1, 0.15) is 10.8 Å².